The summed E-state index contributed by atoms with van der Waals surface area (Å²) in [6.45, 7) is 6.00. The maximum Gasteiger partial charge on any atom is 0.317 e. The molecule has 1 heterocycles. The van der Waals surface area contributed by atoms with Crippen molar-refractivity contribution in [1.29, 1.82) is 0 Å². The first-order valence-corrected chi connectivity index (χ1v) is 12.7. The molecule has 0 aromatic heterocycles. The summed E-state index contributed by atoms with van der Waals surface area (Å²) in [5, 5.41) is 8.52. The van der Waals surface area contributed by atoms with Gasteiger partial charge < -0.3 is 25.8 Å². The van der Waals surface area contributed by atoms with Gasteiger partial charge in [0.2, 0.25) is 0 Å². The zero-order valence-electron chi connectivity index (χ0n) is 21.8. The summed E-state index contributed by atoms with van der Waals surface area (Å²) in [5.74, 6) is -1.62. The lowest BCUT2D eigenvalue weighted by atomic mass is 10.1. The lowest BCUT2D eigenvalue weighted by molar-refractivity contribution is 0.0949. The van der Waals surface area contributed by atoms with E-state index in [-0.39, 0.29) is 35.9 Å². The first kappa shape index (κ1) is 27.6. The third kappa shape index (κ3) is 7.31. The fraction of sp³-hybridized carbons (Fsp3) is 0.276. The number of anilines is 2. The second-order valence-electron chi connectivity index (χ2n) is 9.58. The van der Waals surface area contributed by atoms with E-state index >= 15 is 0 Å². The molecule has 10 heteroatoms. The average Bonchev–Trinajstić information content (AvgIpc) is 2.92. The Bertz CT molecular complexity index is 1320. The molecule has 1 saturated heterocycles. The van der Waals surface area contributed by atoms with E-state index in [1.165, 1.54) is 36.4 Å². The minimum absolute atomic E-state index is 0.0320. The minimum Gasteiger partial charge on any atom is -0.367 e. The van der Waals surface area contributed by atoms with Crippen LogP contribution in [0.2, 0.25) is 0 Å². The Balaban J connectivity index is 1.53. The van der Waals surface area contributed by atoms with E-state index in [4.69, 9.17) is 0 Å². The predicted octanol–water partition coefficient (Wildman–Crippen LogP) is 4.39. The van der Waals surface area contributed by atoms with Gasteiger partial charge in [0.1, 0.15) is 11.6 Å². The molecule has 204 valence electrons. The fourth-order valence-electron chi connectivity index (χ4n) is 4.24. The van der Waals surface area contributed by atoms with Crippen molar-refractivity contribution < 1.29 is 23.2 Å². The van der Waals surface area contributed by atoms with Crippen molar-refractivity contribution in [2.45, 2.75) is 26.4 Å². The van der Waals surface area contributed by atoms with Crippen molar-refractivity contribution >= 4 is 29.2 Å². The van der Waals surface area contributed by atoms with Gasteiger partial charge in [-0.2, -0.15) is 0 Å². The number of carbonyl (C=O) groups is 3. The lowest BCUT2D eigenvalue weighted by Crippen LogP contribution is -2.53. The van der Waals surface area contributed by atoms with Gasteiger partial charge >= 0.3 is 6.03 Å². The largest absolute Gasteiger partial charge is 0.367 e. The van der Waals surface area contributed by atoms with Crippen LogP contribution < -0.4 is 20.9 Å². The zero-order chi connectivity index (χ0) is 27.9. The number of nitrogens with zero attached hydrogens (tertiary/aromatic N) is 2. The number of urea groups is 1. The van der Waals surface area contributed by atoms with Crippen LogP contribution in [0, 0.1) is 11.6 Å². The molecule has 0 spiro atoms. The van der Waals surface area contributed by atoms with E-state index in [1.54, 1.807) is 35.2 Å². The van der Waals surface area contributed by atoms with Crippen molar-refractivity contribution in [2.75, 3.05) is 36.4 Å². The van der Waals surface area contributed by atoms with Gasteiger partial charge in [0.25, 0.3) is 11.8 Å². The smallest absolute Gasteiger partial charge is 0.317 e. The topological polar surface area (TPSA) is 93.8 Å². The van der Waals surface area contributed by atoms with Crippen molar-refractivity contribution in [1.82, 2.24) is 15.5 Å². The molecule has 8 nitrogen and oxygen atoms in total. The second-order valence-corrected chi connectivity index (χ2v) is 9.58. The Labute approximate surface area is 226 Å². The van der Waals surface area contributed by atoms with Crippen LogP contribution in [0.15, 0.2) is 66.7 Å². The predicted molar refractivity (Wildman–Crippen MR) is 146 cm³/mol. The summed E-state index contributed by atoms with van der Waals surface area (Å²) in [6.07, 6.45) is 0. The number of amides is 4. The molecule has 0 bridgehead atoms. The first-order valence-electron chi connectivity index (χ1n) is 12.7. The molecule has 3 aromatic rings. The number of benzene rings is 3. The highest BCUT2D eigenvalue weighted by atomic mass is 19.1. The Morgan fingerprint density at radius 1 is 0.821 bits per heavy atom. The standard InChI is InChI=1S/C29H31F2N5O3/c1-19(2)33-29(39)36-15-13-35(14-16-36)26-12-11-24(34-27(37)21-5-9-23(31)10-6-21)17-25(26)28(38)32-18-20-3-7-22(30)8-4-20/h3-12,17,19H,13-16,18H2,1-2H3,(H,32,38)(H,33,39)(H,34,37). The maximum atomic E-state index is 13.3. The van der Waals surface area contributed by atoms with Crippen LogP contribution in [0.4, 0.5) is 25.0 Å². The summed E-state index contributed by atoms with van der Waals surface area (Å²) in [5.41, 5.74) is 2.41. The number of carbonyl (C=O) groups excluding carboxylic acids is 3. The molecule has 0 unspecified atom stereocenters. The van der Waals surface area contributed by atoms with Crippen LogP contribution in [0.25, 0.3) is 0 Å². The van der Waals surface area contributed by atoms with Gasteiger partial charge in [-0.15, -0.1) is 0 Å². The van der Waals surface area contributed by atoms with E-state index < -0.39 is 11.7 Å². The highest BCUT2D eigenvalue weighted by Crippen LogP contribution is 2.26. The minimum atomic E-state index is -0.446. The molecule has 0 aliphatic carbocycles. The molecule has 3 aromatic carbocycles. The van der Waals surface area contributed by atoms with E-state index in [2.05, 4.69) is 16.0 Å². The summed E-state index contributed by atoms with van der Waals surface area (Å²) in [4.78, 5) is 42.2. The van der Waals surface area contributed by atoms with Gasteiger partial charge in [0, 0.05) is 55.7 Å². The average molecular weight is 536 g/mol. The Kier molecular flexibility index (Phi) is 8.75. The molecular formula is C29H31F2N5O3. The third-order valence-corrected chi connectivity index (χ3v) is 6.29. The molecule has 3 N–H and O–H groups in total. The summed E-state index contributed by atoms with van der Waals surface area (Å²) in [7, 11) is 0. The summed E-state index contributed by atoms with van der Waals surface area (Å²) < 4.78 is 26.5. The Hall–Kier alpha value is -4.47. The van der Waals surface area contributed by atoms with Gasteiger partial charge in [-0.25, -0.2) is 13.6 Å². The monoisotopic (exact) mass is 535 g/mol. The van der Waals surface area contributed by atoms with E-state index in [0.717, 1.165) is 5.56 Å². The van der Waals surface area contributed by atoms with Crippen LogP contribution in [0.1, 0.15) is 40.1 Å². The normalized spacial score (nSPS) is 13.3. The molecule has 0 saturated carbocycles. The highest BCUT2D eigenvalue weighted by Gasteiger charge is 2.25. The van der Waals surface area contributed by atoms with Gasteiger partial charge in [-0.05, 0) is 74.0 Å². The van der Waals surface area contributed by atoms with Crippen LogP contribution >= 0.6 is 0 Å². The van der Waals surface area contributed by atoms with Gasteiger partial charge in [-0.1, -0.05) is 12.1 Å². The SMILES string of the molecule is CC(C)NC(=O)N1CCN(c2ccc(NC(=O)c3ccc(F)cc3)cc2C(=O)NCc2ccc(F)cc2)CC1. The molecule has 0 radical (unpaired) electrons. The Morgan fingerprint density at radius 3 is 2.05 bits per heavy atom. The molecule has 4 amide bonds. The van der Waals surface area contributed by atoms with Crippen LogP contribution in [0.5, 0.6) is 0 Å². The Morgan fingerprint density at radius 2 is 1.44 bits per heavy atom. The van der Waals surface area contributed by atoms with Crippen LogP contribution in [-0.4, -0.2) is 55.0 Å². The van der Waals surface area contributed by atoms with E-state index in [1.807, 2.05) is 18.7 Å². The van der Waals surface area contributed by atoms with Crippen molar-refractivity contribution in [3.63, 3.8) is 0 Å². The number of hydrogen-bond acceptors (Lipinski definition) is 4. The second kappa shape index (κ2) is 12.4. The molecule has 39 heavy (non-hydrogen) atoms. The van der Waals surface area contributed by atoms with Crippen molar-refractivity contribution in [3.8, 4) is 0 Å². The number of rotatable bonds is 7. The molecule has 4 rings (SSSR count). The van der Waals surface area contributed by atoms with E-state index in [9.17, 15) is 23.2 Å². The number of nitrogens with one attached hydrogen (secondary N) is 3. The molecule has 0 atom stereocenters. The van der Waals surface area contributed by atoms with Crippen molar-refractivity contribution in [3.05, 3.63) is 95.1 Å². The molecular weight excluding hydrogens is 504 g/mol. The van der Waals surface area contributed by atoms with Gasteiger partial charge in [0.15, 0.2) is 0 Å². The van der Waals surface area contributed by atoms with E-state index in [0.29, 0.717) is 43.1 Å². The highest BCUT2D eigenvalue weighted by molar-refractivity contribution is 6.06. The van der Waals surface area contributed by atoms with Gasteiger partial charge in [0.05, 0.1) is 5.56 Å². The maximum absolute atomic E-state index is 13.3. The van der Waals surface area contributed by atoms with Crippen LogP contribution in [0.3, 0.4) is 0 Å². The summed E-state index contributed by atoms with van der Waals surface area (Å²) in [6, 6.07) is 16.0. The number of halogens is 2. The first-order chi connectivity index (χ1) is 18.7. The number of piperazine rings is 1. The summed E-state index contributed by atoms with van der Waals surface area (Å²) >= 11 is 0. The number of hydrogen-bond donors (Lipinski definition) is 3. The van der Waals surface area contributed by atoms with Gasteiger partial charge in [-0.3, -0.25) is 9.59 Å². The fourth-order valence-corrected chi connectivity index (χ4v) is 4.24. The van der Waals surface area contributed by atoms with Crippen molar-refractivity contribution in [2.24, 2.45) is 0 Å². The van der Waals surface area contributed by atoms with Crippen LogP contribution in [-0.2, 0) is 6.54 Å². The molecule has 1 aliphatic heterocycles. The lowest BCUT2D eigenvalue weighted by Gasteiger charge is -2.37. The quantitative estimate of drug-likeness (QED) is 0.419. The third-order valence-electron chi connectivity index (χ3n) is 6.29. The molecule has 1 aliphatic rings. The zero-order valence-corrected chi connectivity index (χ0v) is 21.8. The molecule has 1 fully saturated rings.